The van der Waals surface area contributed by atoms with E-state index in [9.17, 15) is 26.7 Å². The van der Waals surface area contributed by atoms with Crippen molar-refractivity contribution in [3.63, 3.8) is 0 Å². The number of nitrogens with one attached hydrogen (secondary N) is 1. The minimum atomic E-state index is -5.04. The van der Waals surface area contributed by atoms with Gasteiger partial charge in [0.25, 0.3) is 0 Å². The topological polar surface area (TPSA) is 75.6 Å². The Hall–Kier alpha value is -2.10. The summed E-state index contributed by atoms with van der Waals surface area (Å²) in [7, 11) is -4.24. The summed E-state index contributed by atoms with van der Waals surface area (Å²) in [4.78, 5) is -0.572. The van der Waals surface area contributed by atoms with Crippen molar-refractivity contribution in [1.82, 2.24) is 4.72 Å². The van der Waals surface area contributed by atoms with Gasteiger partial charge in [0.05, 0.1) is 6.10 Å². The molecule has 9 heteroatoms. The molecule has 0 unspecified atom stereocenters. The van der Waals surface area contributed by atoms with Crippen molar-refractivity contribution in [2.45, 2.75) is 56.0 Å². The van der Waals surface area contributed by atoms with E-state index in [0.717, 1.165) is 17.7 Å². The van der Waals surface area contributed by atoms with Crippen LogP contribution in [0.2, 0.25) is 0 Å². The van der Waals surface area contributed by atoms with Gasteiger partial charge in [-0.05, 0) is 55.9 Å². The first kappa shape index (κ1) is 21.6. The predicted molar refractivity (Wildman–Crippen MR) is 102 cm³/mol. The smallest absolute Gasteiger partial charge is 0.404 e. The highest BCUT2D eigenvalue weighted by atomic mass is 32.2. The molecule has 1 fully saturated rings. The molecule has 0 radical (unpaired) electrons. The molecule has 0 atom stereocenters. The van der Waals surface area contributed by atoms with Gasteiger partial charge in [-0.25, -0.2) is 13.1 Å². The highest BCUT2D eigenvalue weighted by Gasteiger charge is 2.35. The average Bonchev–Trinajstić information content (AvgIpc) is 2.62. The lowest BCUT2D eigenvalue weighted by Gasteiger charge is -2.26. The van der Waals surface area contributed by atoms with E-state index in [1.54, 1.807) is 12.1 Å². The third-order valence-corrected chi connectivity index (χ3v) is 6.42. The van der Waals surface area contributed by atoms with Gasteiger partial charge in [0.15, 0.2) is 0 Å². The van der Waals surface area contributed by atoms with E-state index in [2.05, 4.69) is 9.46 Å². The zero-order valence-corrected chi connectivity index (χ0v) is 16.6. The van der Waals surface area contributed by atoms with Crippen molar-refractivity contribution >= 4 is 10.0 Å². The molecule has 0 amide bonds. The van der Waals surface area contributed by atoms with Crippen LogP contribution in [0.5, 0.6) is 5.75 Å². The number of hydrogen-bond acceptors (Lipinski definition) is 4. The Balaban J connectivity index is 1.94. The first-order valence-corrected chi connectivity index (χ1v) is 10.7. The number of alkyl halides is 3. The first-order chi connectivity index (χ1) is 13.5. The Morgan fingerprint density at radius 2 is 1.59 bits per heavy atom. The van der Waals surface area contributed by atoms with Crippen molar-refractivity contribution in [2.75, 3.05) is 0 Å². The Bertz CT molecular complexity index is 951. The second-order valence-corrected chi connectivity index (χ2v) is 8.88. The second kappa shape index (κ2) is 8.33. The summed E-state index contributed by atoms with van der Waals surface area (Å²) in [6.07, 6.45) is -3.81. The van der Waals surface area contributed by atoms with Gasteiger partial charge in [-0.3, -0.25) is 0 Å². The summed E-state index contributed by atoms with van der Waals surface area (Å²) in [5.74, 6) is -0.779. The number of aliphatic hydroxyl groups is 1. The fraction of sp³-hybridized carbons (Fsp3) is 0.400. The van der Waals surface area contributed by atoms with Gasteiger partial charge in [-0.1, -0.05) is 35.9 Å². The zero-order chi connectivity index (χ0) is 21.2. The molecule has 0 spiro atoms. The molecule has 2 N–H and O–H groups in total. The zero-order valence-electron chi connectivity index (χ0n) is 15.7. The molecule has 2 aromatic carbocycles. The average molecular weight is 429 g/mol. The molecule has 1 aliphatic carbocycles. The molecular weight excluding hydrogens is 407 g/mol. The number of benzene rings is 2. The molecule has 3 rings (SSSR count). The van der Waals surface area contributed by atoms with Crippen LogP contribution in [0, 0.1) is 6.92 Å². The third-order valence-electron chi connectivity index (χ3n) is 4.86. The van der Waals surface area contributed by atoms with Gasteiger partial charge in [-0.15, -0.1) is 13.2 Å². The van der Waals surface area contributed by atoms with Crippen LogP contribution in [0.3, 0.4) is 0 Å². The molecule has 158 valence electrons. The minimum Gasteiger partial charge on any atom is -0.404 e. The molecule has 0 aliphatic heterocycles. The SMILES string of the molecule is Cc1ccc(-c2ccc(S(=O)(=O)NC3CCC(O)CC3)c(OC(F)(F)F)c2)cc1. The normalized spacial score (nSPS) is 20.4. The third kappa shape index (κ3) is 5.71. The van der Waals surface area contributed by atoms with Crippen molar-refractivity contribution in [3.05, 3.63) is 48.0 Å². The molecule has 0 saturated heterocycles. The predicted octanol–water partition coefficient (Wildman–Crippen LogP) is 4.14. The molecule has 1 saturated carbocycles. The van der Waals surface area contributed by atoms with E-state index < -0.39 is 39.2 Å². The van der Waals surface area contributed by atoms with Crippen LogP contribution >= 0.6 is 0 Å². The number of ether oxygens (including phenoxy) is 1. The lowest BCUT2D eigenvalue weighted by Crippen LogP contribution is -2.38. The van der Waals surface area contributed by atoms with Gasteiger partial charge in [0.1, 0.15) is 10.6 Å². The molecule has 0 heterocycles. The number of halogens is 3. The van der Waals surface area contributed by atoms with Crippen LogP contribution in [-0.4, -0.2) is 32.0 Å². The summed E-state index contributed by atoms with van der Waals surface area (Å²) in [5.41, 5.74) is 2.03. The van der Waals surface area contributed by atoms with Crippen molar-refractivity contribution in [2.24, 2.45) is 0 Å². The first-order valence-electron chi connectivity index (χ1n) is 9.21. The maximum Gasteiger partial charge on any atom is 0.573 e. The molecule has 2 aromatic rings. The summed E-state index contributed by atoms with van der Waals surface area (Å²) in [6.45, 7) is 1.88. The summed E-state index contributed by atoms with van der Waals surface area (Å²) < 4.78 is 70.8. The highest BCUT2D eigenvalue weighted by Crippen LogP contribution is 2.34. The second-order valence-electron chi connectivity index (χ2n) is 7.20. The number of rotatable bonds is 5. The summed E-state index contributed by atoms with van der Waals surface area (Å²) >= 11 is 0. The highest BCUT2D eigenvalue weighted by molar-refractivity contribution is 7.89. The van der Waals surface area contributed by atoms with E-state index in [-0.39, 0.29) is 0 Å². The van der Waals surface area contributed by atoms with Gasteiger partial charge >= 0.3 is 6.36 Å². The Morgan fingerprint density at radius 1 is 1.00 bits per heavy atom. The van der Waals surface area contributed by atoms with Gasteiger partial charge in [-0.2, -0.15) is 0 Å². The number of aliphatic hydroxyl groups excluding tert-OH is 1. The maximum absolute atomic E-state index is 12.9. The lowest BCUT2D eigenvalue weighted by atomic mass is 9.94. The fourth-order valence-corrected chi connectivity index (χ4v) is 4.75. The standard InChI is InChI=1S/C20H22F3NO4S/c1-13-2-4-14(5-3-13)15-6-11-19(18(12-15)28-20(21,22)23)29(26,27)24-16-7-9-17(25)10-8-16/h2-6,11-12,16-17,24-25H,7-10H2,1H3. The van der Waals surface area contributed by atoms with Crippen molar-refractivity contribution < 1.29 is 31.4 Å². The van der Waals surface area contributed by atoms with E-state index in [1.807, 2.05) is 19.1 Å². The van der Waals surface area contributed by atoms with Gasteiger partial charge in [0.2, 0.25) is 10.0 Å². The largest absolute Gasteiger partial charge is 0.573 e. The lowest BCUT2D eigenvalue weighted by molar-refractivity contribution is -0.275. The van der Waals surface area contributed by atoms with Gasteiger partial charge < -0.3 is 9.84 Å². The van der Waals surface area contributed by atoms with Crippen molar-refractivity contribution in [3.8, 4) is 16.9 Å². The monoisotopic (exact) mass is 429 g/mol. The van der Waals surface area contributed by atoms with E-state index >= 15 is 0 Å². The quantitative estimate of drug-likeness (QED) is 0.749. The van der Waals surface area contributed by atoms with E-state index in [1.165, 1.54) is 6.07 Å². The van der Waals surface area contributed by atoms with E-state index in [0.29, 0.717) is 36.8 Å². The fourth-order valence-electron chi connectivity index (χ4n) is 3.34. The molecule has 29 heavy (non-hydrogen) atoms. The number of aryl methyl sites for hydroxylation is 1. The Morgan fingerprint density at radius 3 is 2.17 bits per heavy atom. The van der Waals surface area contributed by atoms with E-state index in [4.69, 9.17) is 0 Å². The molecule has 0 aromatic heterocycles. The van der Waals surface area contributed by atoms with Gasteiger partial charge in [0, 0.05) is 6.04 Å². The van der Waals surface area contributed by atoms with Crippen LogP contribution < -0.4 is 9.46 Å². The Labute approximate surface area is 167 Å². The molecule has 0 bridgehead atoms. The minimum absolute atomic E-state index is 0.406. The molecular formula is C20H22F3NO4S. The summed E-state index contributed by atoms with van der Waals surface area (Å²) in [6, 6.07) is 10.3. The maximum atomic E-state index is 12.9. The summed E-state index contributed by atoms with van der Waals surface area (Å²) in [5, 5.41) is 9.55. The Kier molecular flexibility index (Phi) is 6.21. The molecule has 5 nitrogen and oxygen atoms in total. The van der Waals surface area contributed by atoms with Crippen LogP contribution in [0.25, 0.3) is 11.1 Å². The number of hydrogen-bond donors (Lipinski definition) is 2. The van der Waals surface area contributed by atoms with Crippen LogP contribution in [-0.2, 0) is 10.0 Å². The van der Waals surface area contributed by atoms with Crippen LogP contribution in [0.4, 0.5) is 13.2 Å². The number of sulfonamides is 1. The van der Waals surface area contributed by atoms with Crippen LogP contribution in [0.1, 0.15) is 31.2 Å². The molecule has 1 aliphatic rings. The van der Waals surface area contributed by atoms with Crippen LogP contribution in [0.15, 0.2) is 47.4 Å². The van der Waals surface area contributed by atoms with Crippen molar-refractivity contribution in [1.29, 1.82) is 0 Å².